The number of H-pyrrole nitrogens is 1. The minimum atomic E-state index is 0.729. The van der Waals surface area contributed by atoms with Gasteiger partial charge in [-0.1, -0.05) is 30.3 Å². The van der Waals surface area contributed by atoms with Crippen molar-refractivity contribution in [2.24, 2.45) is 0 Å². The van der Waals surface area contributed by atoms with E-state index < -0.39 is 0 Å². The minimum absolute atomic E-state index is 0.729. The Bertz CT molecular complexity index is 1030. The second-order valence-electron chi connectivity index (χ2n) is 5.59. The molecule has 0 fully saturated rings. The zero-order valence-corrected chi connectivity index (χ0v) is 13.8. The molecule has 5 nitrogen and oxygen atoms in total. The van der Waals surface area contributed by atoms with Gasteiger partial charge in [0, 0.05) is 10.8 Å². The van der Waals surface area contributed by atoms with Crippen LogP contribution >= 0.6 is 0 Å². The molecule has 0 radical (unpaired) electrons. The number of aryl methyl sites for hydroxylation is 1. The van der Waals surface area contributed by atoms with Crippen LogP contribution in [0.3, 0.4) is 0 Å². The number of methoxy groups -OCH3 is 2. The molecule has 0 aliphatic heterocycles. The molecule has 2 aromatic heterocycles. The summed E-state index contributed by atoms with van der Waals surface area (Å²) in [6.07, 6.45) is 0. The maximum absolute atomic E-state index is 5.57. The molecule has 2 aromatic carbocycles. The smallest absolute Gasteiger partial charge is 0.132 e. The Morgan fingerprint density at radius 1 is 0.833 bits per heavy atom. The van der Waals surface area contributed by atoms with Crippen molar-refractivity contribution in [1.29, 1.82) is 0 Å². The zero-order valence-electron chi connectivity index (χ0n) is 13.8. The SMILES string of the molecule is COc1cccc(OC)c1-c1nc2c(C)[nH]nc2c2ccccc12. The molecule has 0 saturated heterocycles. The summed E-state index contributed by atoms with van der Waals surface area (Å²) in [5, 5.41) is 9.51. The van der Waals surface area contributed by atoms with Crippen molar-refractivity contribution in [3.8, 4) is 22.8 Å². The lowest BCUT2D eigenvalue weighted by atomic mass is 10.0. The van der Waals surface area contributed by atoms with Gasteiger partial charge in [-0.15, -0.1) is 0 Å². The first kappa shape index (κ1) is 14.5. The van der Waals surface area contributed by atoms with Gasteiger partial charge in [0.2, 0.25) is 0 Å². The van der Waals surface area contributed by atoms with Gasteiger partial charge >= 0.3 is 0 Å². The Kier molecular flexibility index (Phi) is 3.34. The first-order valence-corrected chi connectivity index (χ1v) is 7.69. The third kappa shape index (κ3) is 2.01. The molecule has 24 heavy (non-hydrogen) atoms. The van der Waals surface area contributed by atoms with Crippen LogP contribution in [0.2, 0.25) is 0 Å². The molecule has 4 rings (SSSR count). The molecule has 4 aromatic rings. The highest BCUT2D eigenvalue weighted by atomic mass is 16.5. The predicted octanol–water partition coefficient (Wildman–Crippen LogP) is 4.10. The predicted molar refractivity (Wildman–Crippen MR) is 94.7 cm³/mol. The molecule has 0 bridgehead atoms. The number of pyridine rings is 1. The number of benzene rings is 2. The van der Waals surface area contributed by atoms with Crippen molar-refractivity contribution in [3.05, 3.63) is 48.2 Å². The molecular formula is C19H17N3O2. The van der Waals surface area contributed by atoms with Crippen LogP contribution in [0, 0.1) is 6.92 Å². The van der Waals surface area contributed by atoms with Gasteiger partial charge < -0.3 is 9.47 Å². The molecule has 5 heteroatoms. The maximum atomic E-state index is 5.57. The van der Waals surface area contributed by atoms with E-state index in [1.165, 1.54) is 0 Å². The quantitative estimate of drug-likeness (QED) is 0.617. The molecule has 0 saturated carbocycles. The van der Waals surface area contributed by atoms with E-state index in [-0.39, 0.29) is 0 Å². The van der Waals surface area contributed by atoms with Gasteiger partial charge in [-0.05, 0) is 19.1 Å². The van der Waals surface area contributed by atoms with E-state index in [9.17, 15) is 0 Å². The van der Waals surface area contributed by atoms with Crippen LogP contribution in [0.1, 0.15) is 5.69 Å². The van der Waals surface area contributed by atoms with Gasteiger partial charge in [0.05, 0.1) is 31.2 Å². The molecule has 0 aliphatic carbocycles. The largest absolute Gasteiger partial charge is 0.496 e. The standard InChI is InChI=1S/C19H17N3O2/c1-11-17-19(22-21-11)13-8-5-4-7-12(13)18(20-17)16-14(23-2)9-6-10-15(16)24-3/h4-10H,1-3H3,(H,21,22). The number of ether oxygens (including phenoxy) is 2. The number of hydrogen-bond donors (Lipinski definition) is 1. The van der Waals surface area contributed by atoms with E-state index in [1.54, 1.807) is 14.2 Å². The summed E-state index contributed by atoms with van der Waals surface area (Å²) < 4.78 is 11.1. The van der Waals surface area contributed by atoms with Crippen molar-refractivity contribution in [2.45, 2.75) is 6.92 Å². The third-order valence-electron chi connectivity index (χ3n) is 4.24. The average Bonchev–Trinajstić information content (AvgIpc) is 3.01. The molecule has 0 spiro atoms. The van der Waals surface area contributed by atoms with Crippen molar-refractivity contribution >= 4 is 21.8 Å². The second-order valence-corrected chi connectivity index (χ2v) is 5.59. The van der Waals surface area contributed by atoms with E-state index in [4.69, 9.17) is 14.5 Å². The lowest BCUT2D eigenvalue weighted by Crippen LogP contribution is -1.96. The van der Waals surface area contributed by atoms with E-state index >= 15 is 0 Å². The summed E-state index contributed by atoms with van der Waals surface area (Å²) in [6, 6.07) is 13.9. The van der Waals surface area contributed by atoms with Crippen LogP contribution in [0.4, 0.5) is 0 Å². The zero-order chi connectivity index (χ0) is 16.7. The summed E-state index contributed by atoms with van der Waals surface area (Å²) in [6.45, 7) is 1.97. The van der Waals surface area contributed by atoms with Gasteiger partial charge in [-0.25, -0.2) is 4.98 Å². The highest BCUT2D eigenvalue weighted by Crippen LogP contribution is 2.41. The second kappa shape index (κ2) is 5.53. The topological polar surface area (TPSA) is 60.0 Å². The van der Waals surface area contributed by atoms with Crippen LogP contribution in [0.25, 0.3) is 33.1 Å². The summed E-state index contributed by atoms with van der Waals surface area (Å²) >= 11 is 0. The van der Waals surface area contributed by atoms with E-state index in [2.05, 4.69) is 16.3 Å². The third-order valence-corrected chi connectivity index (χ3v) is 4.24. The minimum Gasteiger partial charge on any atom is -0.496 e. The van der Waals surface area contributed by atoms with Crippen molar-refractivity contribution in [2.75, 3.05) is 14.2 Å². The first-order valence-electron chi connectivity index (χ1n) is 7.69. The molecule has 0 amide bonds. The molecule has 2 heterocycles. The van der Waals surface area contributed by atoms with Crippen LogP contribution in [-0.4, -0.2) is 29.4 Å². The number of aromatic amines is 1. The Balaban J connectivity index is 2.19. The molecule has 0 unspecified atom stereocenters. The van der Waals surface area contributed by atoms with E-state index in [0.717, 1.165) is 50.3 Å². The summed E-state index contributed by atoms with van der Waals surface area (Å²) in [5.41, 5.74) is 4.35. The molecular weight excluding hydrogens is 302 g/mol. The first-order chi connectivity index (χ1) is 11.7. The fourth-order valence-electron chi connectivity index (χ4n) is 3.09. The number of rotatable bonds is 3. The number of aromatic nitrogens is 3. The Hall–Kier alpha value is -3.08. The fraction of sp³-hybridized carbons (Fsp3) is 0.158. The van der Waals surface area contributed by atoms with Gasteiger partial charge in [0.1, 0.15) is 22.5 Å². The average molecular weight is 319 g/mol. The molecule has 0 atom stereocenters. The Morgan fingerprint density at radius 2 is 1.50 bits per heavy atom. The van der Waals surface area contributed by atoms with E-state index in [0.29, 0.717) is 0 Å². The highest BCUT2D eigenvalue weighted by molar-refractivity contribution is 6.10. The number of hydrogen-bond acceptors (Lipinski definition) is 4. The number of nitrogens with zero attached hydrogens (tertiary/aromatic N) is 2. The van der Waals surface area contributed by atoms with Crippen LogP contribution in [-0.2, 0) is 0 Å². The van der Waals surface area contributed by atoms with Crippen molar-refractivity contribution < 1.29 is 9.47 Å². The van der Waals surface area contributed by atoms with Crippen LogP contribution < -0.4 is 9.47 Å². The van der Waals surface area contributed by atoms with Crippen molar-refractivity contribution in [1.82, 2.24) is 15.2 Å². The van der Waals surface area contributed by atoms with Crippen LogP contribution in [0.15, 0.2) is 42.5 Å². The van der Waals surface area contributed by atoms with Crippen molar-refractivity contribution in [3.63, 3.8) is 0 Å². The lowest BCUT2D eigenvalue weighted by Gasteiger charge is -2.14. The highest BCUT2D eigenvalue weighted by Gasteiger charge is 2.19. The van der Waals surface area contributed by atoms with Gasteiger partial charge in [-0.3, -0.25) is 5.10 Å². The normalized spacial score (nSPS) is 11.1. The maximum Gasteiger partial charge on any atom is 0.132 e. The number of nitrogens with one attached hydrogen (secondary N) is 1. The number of fused-ring (bicyclic) bond motifs is 3. The van der Waals surface area contributed by atoms with E-state index in [1.807, 2.05) is 43.3 Å². The summed E-state index contributed by atoms with van der Waals surface area (Å²) in [7, 11) is 3.31. The molecule has 1 N–H and O–H groups in total. The van der Waals surface area contributed by atoms with Crippen LogP contribution in [0.5, 0.6) is 11.5 Å². The summed E-state index contributed by atoms with van der Waals surface area (Å²) in [5.74, 6) is 1.46. The summed E-state index contributed by atoms with van der Waals surface area (Å²) in [4.78, 5) is 4.90. The monoisotopic (exact) mass is 319 g/mol. The molecule has 0 aliphatic rings. The Morgan fingerprint density at radius 3 is 2.17 bits per heavy atom. The molecule has 120 valence electrons. The Labute approximate surface area is 139 Å². The van der Waals surface area contributed by atoms with Gasteiger partial charge in [0.25, 0.3) is 0 Å². The van der Waals surface area contributed by atoms with Gasteiger partial charge in [-0.2, -0.15) is 5.10 Å². The fourth-order valence-corrected chi connectivity index (χ4v) is 3.09. The lowest BCUT2D eigenvalue weighted by molar-refractivity contribution is 0.397. The van der Waals surface area contributed by atoms with Gasteiger partial charge in [0.15, 0.2) is 0 Å².